The highest BCUT2D eigenvalue weighted by atomic mass is 32.2. The molecule has 144 valence electrons. The predicted molar refractivity (Wildman–Crippen MR) is 104 cm³/mol. The third kappa shape index (κ3) is 4.17. The van der Waals surface area contributed by atoms with Crippen molar-refractivity contribution < 1.29 is 14.1 Å². The molecule has 8 nitrogen and oxygen atoms in total. The minimum Gasteiger partial charge on any atom is -0.319 e. The molecule has 0 unspecified atom stereocenters. The molecule has 0 aliphatic heterocycles. The van der Waals surface area contributed by atoms with Crippen molar-refractivity contribution in [3.05, 3.63) is 64.0 Å². The summed E-state index contributed by atoms with van der Waals surface area (Å²) in [6.07, 6.45) is 0. The summed E-state index contributed by atoms with van der Waals surface area (Å²) in [4.78, 5) is 22.9. The number of halogens is 1. The third-order valence-corrected chi connectivity index (χ3v) is 5.00. The zero-order chi connectivity index (χ0) is 20.3. The number of hydrogen-bond acceptors (Lipinski definition) is 6. The number of benzene rings is 2. The van der Waals surface area contributed by atoms with Gasteiger partial charge in [0.25, 0.3) is 5.69 Å². The molecule has 0 atom stereocenters. The first-order valence-corrected chi connectivity index (χ1v) is 9.17. The lowest BCUT2D eigenvalue weighted by atomic mass is 10.1. The Hall–Kier alpha value is -3.27. The summed E-state index contributed by atoms with van der Waals surface area (Å²) in [6.45, 7) is 1.69. The van der Waals surface area contributed by atoms with E-state index in [2.05, 4.69) is 15.5 Å². The van der Waals surface area contributed by atoms with E-state index < -0.39 is 10.8 Å². The Morgan fingerprint density at radius 1 is 1.25 bits per heavy atom. The number of hydrogen-bond donors (Lipinski definition) is 1. The molecule has 28 heavy (non-hydrogen) atoms. The van der Waals surface area contributed by atoms with Crippen LogP contribution in [0.15, 0.2) is 47.6 Å². The quantitative estimate of drug-likeness (QED) is 0.385. The summed E-state index contributed by atoms with van der Waals surface area (Å²) < 4.78 is 14.8. The number of anilines is 1. The lowest BCUT2D eigenvalue weighted by molar-refractivity contribution is -0.384. The van der Waals surface area contributed by atoms with E-state index in [1.165, 1.54) is 18.2 Å². The summed E-state index contributed by atoms with van der Waals surface area (Å²) in [5, 5.41) is 22.4. The zero-order valence-corrected chi connectivity index (χ0v) is 15.9. The predicted octanol–water partition coefficient (Wildman–Crippen LogP) is 3.57. The van der Waals surface area contributed by atoms with E-state index in [0.717, 1.165) is 11.8 Å². The number of thioether (sulfide) groups is 1. The Balaban J connectivity index is 1.69. The number of para-hydroxylation sites is 1. The summed E-state index contributed by atoms with van der Waals surface area (Å²) in [5.74, 6) is -0.199. The van der Waals surface area contributed by atoms with Crippen LogP contribution < -0.4 is 5.32 Å². The lowest BCUT2D eigenvalue weighted by Crippen LogP contribution is -2.16. The van der Waals surface area contributed by atoms with Gasteiger partial charge in [-0.3, -0.25) is 14.9 Å². The molecule has 0 saturated carbocycles. The van der Waals surface area contributed by atoms with Gasteiger partial charge in [-0.2, -0.15) is 0 Å². The summed E-state index contributed by atoms with van der Waals surface area (Å²) in [7, 11) is 1.74. The van der Waals surface area contributed by atoms with Gasteiger partial charge in [0.2, 0.25) is 5.91 Å². The number of nitrogens with zero attached hydrogens (tertiary/aromatic N) is 4. The molecule has 1 amide bonds. The van der Waals surface area contributed by atoms with E-state index in [-0.39, 0.29) is 22.9 Å². The fourth-order valence-corrected chi connectivity index (χ4v) is 3.27. The van der Waals surface area contributed by atoms with Crippen molar-refractivity contribution in [2.24, 2.45) is 7.05 Å². The smallest absolute Gasteiger partial charge is 0.293 e. The maximum Gasteiger partial charge on any atom is 0.293 e. The van der Waals surface area contributed by atoms with Gasteiger partial charge in [0.15, 0.2) is 11.0 Å². The van der Waals surface area contributed by atoms with E-state index in [0.29, 0.717) is 22.1 Å². The van der Waals surface area contributed by atoms with Crippen LogP contribution in [-0.2, 0) is 11.8 Å². The molecule has 3 rings (SSSR count). The topological polar surface area (TPSA) is 103 Å². The van der Waals surface area contributed by atoms with E-state index in [4.69, 9.17) is 0 Å². The SMILES string of the molecule is Cc1cccc([N+](=O)[O-])c1NC(=O)CSc1nnc(-c2ccc(F)cc2)n1C. The van der Waals surface area contributed by atoms with Crippen LogP contribution in [0.3, 0.4) is 0 Å². The Morgan fingerprint density at radius 3 is 2.64 bits per heavy atom. The Morgan fingerprint density at radius 2 is 1.96 bits per heavy atom. The van der Waals surface area contributed by atoms with Gasteiger partial charge < -0.3 is 9.88 Å². The Labute approximate surface area is 163 Å². The minimum atomic E-state index is -0.534. The largest absolute Gasteiger partial charge is 0.319 e. The zero-order valence-electron chi connectivity index (χ0n) is 15.0. The monoisotopic (exact) mass is 401 g/mol. The van der Waals surface area contributed by atoms with Gasteiger partial charge in [0, 0.05) is 18.7 Å². The summed E-state index contributed by atoms with van der Waals surface area (Å²) >= 11 is 1.15. The first kappa shape index (κ1) is 19.5. The number of nitro groups is 1. The van der Waals surface area contributed by atoms with Crippen LogP contribution in [0.5, 0.6) is 0 Å². The molecule has 1 aromatic heterocycles. The molecule has 0 saturated heterocycles. The van der Waals surface area contributed by atoms with Gasteiger partial charge in [0.1, 0.15) is 11.5 Å². The number of aryl methyl sites for hydroxylation is 1. The van der Waals surface area contributed by atoms with E-state index in [1.54, 1.807) is 42.8 Å². The molecule has 0 radical (unpaired) electrons. The Bertz CT molecular complexity index is 1040. The van der Waals surface area contributed by atoms with E-state index in [1.807, 2.05) is 0 Å². The van der Waals surface area contributed by atoms with Crippen molar-refractivity contribution in [3.63, 3.8) is 0 Å². The average molecular weight is 401 g/mol. The van der Waals surface area contributed by atoms with Gasteiger partial charge in [-0.15, -0.1) is 10.2 Å². The van der Waals surface area contributed by atoms with Gasteiger partial charge in [0.05, 0.1) is 10.7 Å². The fraction of sp³-hybridized carbons (Fsp3) is 0.167. The normalized spacial score (nSPS) is 10.7. The fourth-order valence-electron chi connectivity index (χ4n) is 2.56. The van der Waals surface area contributed by atoms with Crippen molar-refractivity contribution in [1.82, 2.24) is 14.8 Å². The minimum absolute atomic E-state index is 0.000873. The highest BCUT2D eigenvalue weighted by Gasteiger charge is 2.19. The molecular weight excluding hydrogens is 385 g/mol. The molecule has 1 N–H and O–H groups in total. The molecule has 3 aromatic rings. The number of aromatic nitrogens is 3. The number of rotatable bonds is 6. The van der Waals surface area contributed by atoms with Crippen molar-refractivity contribution in [3.8, 4) is 11.4 Å². The van der Waals surface area contributed by atoms with Crippen LogP contribution in [0, 0.1) is 22.9 Å². The van der Waals surface area contributed by atoms with Crippen LogP contribution in [0.1, 0.15) is 5.56 Å². The molecule has 2 aromatic carbocycles. The number of nitro benzene ring substituents is 1. The molecule has 0 bridgehead atoms. The highest BCUT2D eigenvalue weighted by Crippen LogP contribution is 2.28. The van der Waals surface area contributed by atoms with Crippen LogP contribution in [0.2, 0.25) is 0 Å². The molecule has 0 aliphatic carbocycles. The highest BCUT2D eigenvalue weighted by molar-refractivity contribution is 7.99. The van der Waals surface area contributed by atoms with Crippen LogP contribution in [0.4, 0.5) is 15.8 Å². The van der Waals surface area contributed by atoms with Gasteiger partial charge >= 0.3 is 0 Å². The van der Waals surface area contributed by atoms with Crippen molar-refractivity contribution in [2.75, 3.05) is 11.1 Å². The number of amides is 1. The standard InChI is InChI=1S/C18H16FN5O3S/c1-11-4-3-5-14(24(26)27)16(11)20-15(25)10-28-18-22-21-17(23(18)2)12-6-8-13(19)9-7-12/h3-9H,10H2,1-2H3,(H,20,25). The van der Waals surface area contributed by atoms with Crippen LogP contribution in [-0.4, -0.2) is 31.3 Å². The summed E-state index contributed by atoms with van der Waals surface area (Å²) in [5.41, 5.74) is 1.33. The second-order valence-corrected chi connectivity index (χ2v) is 6.88. The van der Waals surface area contributed by atoms with Crippen molar-refractivity contribution in [1.29, 1.82) is 0 Å². The lowest BCUT2D eigenvalue weighted by Gasteiger charge is -2.08. The second-order valence-electron chi connectivity index (χ2n) is 5.94. The van der Waals surface area contributed by atoms with E-state index in [9.17, 15) is 19.3 Å². The molecule has 0 aliphatic rings. The van der Waals surface area contributed by atoms with Gasteiger partial charge in [-0.25, -0.2) is 4.39 Å². The number of nitrogens with one attached hydrogen (secondary N) is 1. The first-order valence-electron chi connectivity index (χ1n) is 8.19. The average Bonchev–Trinajstić information content (AvgIpc) is 3.02. The molecule has 1 heterocycles. The second kappa shape index (κ2) is 8.17. The third-order valence-electron chi connectivity index (χ3n) is 3.98. The Kier molecular flexibility index (Phi) is 5.69. The van der Waals surface area contributed by atoms with Gasteiger partial charge in [-0.1, -0.05) is 23.9 Å². The van der Waals surface area contributed by atoms with Crippen LogP contribution >= 0.6 is 11.8 Å². The maximum absolute atomic E-state index is 13.1. The number of carbonyl (C=O) groups excluding carboxylic acids is 1. The van der Waals surface area contributed by atoms with Gasteiger partial charge in [-0.05, 0) is 36.8 Å². The first-order chi connectivity index (χ1) is 13.4. The molecular formula is C18H16FN5O3S. The van der Waals surface area contributed by atoms with Crippen LogP contribution in [0.25, 0.3) is 11.4 Å². The maximum atomic E-state index is 13.1. The summed E-state index contributed by atoms with van der Waals surface area (Å²) in [6, 6.07) is 10.4. The van der Waals surface area contributed by atoms with Crippen molar-refractivity contribution >= 4 is 29.0 Å². The molecule has 10 heteroatoms. The molecule has 0 fully saturated rings. The van der Waals surface area contributed by atoms with Crippen molar-refractivity contribution in [2.45, 2.75) is 12.1 Å². The number of carbonyl (C=O) groups is 1. The van der Waals surface area contributed by atoms with E-state index >= 15 is 0 Å². The molecule has 0 spiro atoms.